The average molecular weight is 715 g/mol. The number of aliphatic hydroxyl groups excluding tert-OH is 2. The third kappa shape index (κ3) is 6.93. The first-order valence-corrected chi connectivity index (χ1v) is 11.3. The van der Waals surface area contributed by atoms with Crippen LogP contribution in [0.2, 0.25) is 0 Å². The van der Waals surface area contributed by atoms with Crippen molar-refractivity contribution >= 4 is 96.9 Å². The van der Waals surface area contributed by atoms with Crippen molar-refractivity contribution in [3.8, 4) is 0 Å². The molecule has 27 heavy (non-hydrogen) atoms. The summed E-state index contributed by atoms with van der Waals surface area (Å²) < 4.78 is 1.59. The molecule has 0 radical (unpaired) electrons. The molecule has 0 saturated heterocycles. The second-order valence-electron chi connectivity index (χ2n) is 5.49. The van der Waals surface area contributed by atoms with Crippen LogP contribution in [0.4, 0.5) is 11.4 Å². The number of carbonyl (C=O) groups excluding carboxylic acids is 3. The van der Waals surface area contributed by atoms with Gasteiger partial charge in [0.2, 0.25) is 11.8 Å². The van der Waals surface area contributed by atoms with Crippen molar-refractivity contribution in [2.24, 2.45) is 0 Å². The molecule has 11 heteroatoms. The van der Waals surface area contributed by atoms with Crippen LogP contribution in [0.5, 0.6) is 0 Å². The topological polar surface area (TPSA) is 128 Å². The van der Waals surface area contributed by atoms with Gasteiger partial charge in [-0.05, 0) is 81.1 Å². The Bertz CT molecular complexity index is 741. The number of hydrogen-bond acceptors (Lipinski definition) is 5. The molecule has 8 nitrogen and oxygen atoms in total. The van der Waals surface area contributed by atoms with E-state index in [1.165, 1.54) is 6.92 Å². The minimum atomic E-state index is -1.06. The molecule has 0 aromatic heterocycles. The molecular weight excluding hydrogens is 695 g/mol. The monoisotopic (exact) mass is 715 g/mol. The lowest BCUT2D eigenvalue weighted by Crippen LogP contribution is -2.34. The van der Waals surface area contributed by atoms with Crippen molar-refractivity contribution in [2.45, 2.75) is 39.3 Å². The zero-order chi connectivity index (χ0) is 20.7. The summed E-state index contributed by atoms with van der Waals surface area (Å²) in [6, 6.07) is 0. The minimum absolute atomic E-state index is 0.103. The maximum absolute atomic E-state index is 12.6. The largest absolute Gasteiger partial charge is 0.396 e. The van der Waals surface area contributed by atoms with Crippen LogP contribution < -0.4 is 16.0 Å². The Balaban J connectivity index is 3.51. The van der Waals surface area contributed by atoms with Crippen LogP contribution in [0, 0.1) is 10.7 Å². The number of anilines is 2. The number of hydrogen-bond donors (Lipinski definition) is 5. The van der Waals surface area contributed by atoms with Gasteiger partial charge in [-0.15, -0.1) is 0 Å². The summed E-state index contributed by atoms with van der Waals surface area (Å²) in [7, 11) is 0. The Kier molecular flexibility index (Phi) is 10.7. The van der Waals surface area contributed by atoms with E-state index in [-0.39, 0.29) is 36.8 Å². The number of aliphatic hydroxyl groups is 2. The van der Waals surface area contributed by atoms with E-state index in [0.717, 1.165) is 0 Å². The van der Waals surface area contributed by atoms with Crippen molar-refractivity contribution in [1.29, 1.82) is 0 Å². The Morgan fingerprint density at radius 2 is 1.52 bits per heavy atom. The Labute approximate surface area is 198 Å². The highest BCUT2D eigenvalue weighted by Gasteiger charge is 2.26. The maximum Gasteiger partial charge on any atom is 0.255 e. The fourth-order valence-electron chi connectivity index (χ4n) is 2.01. The van der Waals surface area contributed by atoms with E-state index in [1.54, 1.807) is 6.92 Å². The van der Waals surface area contributed by atoms with Gasteiger partial charge in [-0.25, -0.2) is 0 Å². The van der Waals surface area contributed by atoms with E-state index in [2.05, 4.69) is 16.0 Å². The lowest BCUT2D eigenvalue weighted by molar-refractivity contribution is -0.117. The third-order valence-corrected chi connectivity index (χ3v) is 6.53. The molecule has 0 aliphatic heterocycles. The number of benzene rings is 1. The normalized spacial score (nSPS) is 11.7. The van der Waals surface area contributed by atoms with E-state index >= 15 is 0 Å². The SMILES string of the molecule is CCC(=O)Nc1c(I)c(NC(=O)CCCO)c(I)c(C(=O)NC(C)O)c1I. The molecule has 0 heterocycles. The summed E-state index contributed by atoms with van der Waals surface area (Å²) in [6.45, 7) is 3.02. The van der Waals surface area contributed by atoms with Crippen molar-refractivity contribution in [2.75, 3.05) is 17.2 Å². The minimum Gasteiger partial charge on any atom is -0.396 e. The molecule has 1 rings (SSSR count). The van der Waals surface area contributed by atoms with E-state index in [4.69, 9.17) is 5.11 Å². The molecule has 5 N–H and O–H groups in total. The summed E-state index contributed by atoms with van der Waals surface area (Å²) >= 11 is 5.93. The van der Waals surface area contributed by atoms with Gasteiger partial charge in [-0.3, -0.25) is 14.4 Å². The lowest BCUT2D eigenvalue weighted by atomic mass is 10.1. The fourth-order valence-corrected chi connectivity index (χ4v) is 6.21. The maximum atomic E-state index is 12.6. The van der Waals surface area contributed by atoms with Crippen molar-refractivity contribution < 1.29 is 24.6 Å². The molecule has 1 unspecified atom stereocenters. The smallest absolute Gasteiger partial charge is 0.255 e. The zero-order valence-electron chi connectivity index (χ0n) is 14.7. The molecule has 0 aliphatic rings. The predicted molar refractivity (Wildman–Crippen MR) is 128 cm³/mol. The van der Waals surface area contributed by atoms with Crippen LogP contribution in [-0.4, -0.2) is 40.8 Å². The van der Waals surface area contributed by atoms with Crippen LogP contribution in [0.25, 0.3) is 0 Å². The van der Waals surface area contributed by atoms with E-state index < -0.39 is 12.1 Å². The van der Waals surface area contributed by atoms with E-state index in [0.29, 0.717) is 28.5 Å². The summed E-state index contributed by atoms with van der Waals surface area (Å²) in [4.78, 5) is 36.7. The van der Waals surface area contributed by atoms with E-state index in [9.17, 15) is 19.5 Å². The van der Waals surface area contributed by atoms with Crippen LogP contribution in [-0.2, 0) is 9.59 Å². The first-order chi connectivity index (χ1) is 12.6. The van der Waals surface area contributed by atoms with Gasteiger partial charge in [-0.1, -0.05) is 6.92 Å². The molecular formula is C16H20I3N3O5. The molecule has 1 aromatic rings. The molecule has 0 spiro atoms. The van der Waals surface area contributed by atoms with Crippen LogP contribution in [0.15, 0.2) is 0 Å². The van der Waals surface area contributed by atoms with Crippen LogP contribution in [0.3, 0.4) is 0 Å². The Morgan fingerprint density at radius 3 is 1.96 bits per heavy atom. The zero-order valence-corrected chi connectivity index (χ0v) is 21.1. The van der Waals surface area contributed by atoms with Crippen molar-refractivity contribution in [3.63, 3.8) is 0 Å². The Hall–Kier alpha value is -0.260. The van der Waals surface area contributed by atoms with Gasteiger partial charge in [0.25, 0.3) is 5.91 Å². The van der Waals surface area contributed by atoms with Gasteiger partial charge in [0.1, 0.15) is 6.23 Å². The number of carbonyl (C=O) groups is 3. The summed E-state index contributed by atoms with van der Waals surface area (Å²) in [6.07, 6.45) is -0.357. The molecule has 1 atom stereocenters. The quantitative estimate of drug-likeness (QED) is 0.209. The number of amides is 3. The number of rotatable bonds is 8. The van der Waals surface area contributed by atoms with Gasteiger partial charge in [0.05, 0.1) is 27.6 Å². The van der Waals surface area contributed by atoms with Crippen LogP contribution in [0.1, 0.15) is 43.5 Å². The number of halogens is 3. The highest BCUT2D eigenvalue weighted by atomic mass is 127. The van der Waals surface area contributed by atoms with Crippen molar-refractivity contribution in [1.82, 2.24) is 5.32 Å². The highest BCUT2D eigenvalue weighted by molar-refractivity contribution is 14.1. The van der Waals surface area contributed by atoms with Crippen molar-refractivity contribution in [3.05, 3.63) is 16.3 Å². The molecule has 0 aliphatic carbocycles. The molecule has 0 fully saturated rings. The second-order valence-corrected chi connectivity index (χ2v) is 8.73. The van der Waals surface area contributed by atoms with Gasteiger partial charge < -0.3 is 26.2 Å². The predicted octanol–water partition coefficient (Wildman–Crippen LogP) is 2.63. The summed E-state index contributed by atoms with van der Waals surface area (Å²) in [5.74, 6) is -1.06. The fraction of sp³-hybridized carbons (Fsp3) is 0.438. The van der Waals surface area contributed by atoms with Gasteiger partial charge in [0, 0.05) is 19.4 Å². The van der Waals surface area contributed by atoms with Gasteiger partial charge in [0.15, 0.2) is 0 Å². The molecule has 3 amide bonds. The third-order valence-electron chi connectivity index (χ3n) is 3.30. The molecule has 150 valence electrons. The summed E-state index contributed by atoms with van der Waals surface area (Å²) in [5, 5.41) is 26.3. The first-order valence-electron chi connectivity index (χ1n) is 8.03. The van der Waals surface area contributed by atoms with Gasteiger partial charge in [-0.2, -0.15) is 0 Å². The molecule has 0 saturated carbocycles. The van der Waals surface area contributed by atoms with E-state index in [1.807, 2.05) is 67.8 Å². The second kappa shape index (κ2) is 11.7. The molecule has 0 bridgehead atoms. The average Bonchev–Trinajstić information content (AvgIpc) is 2.59. The number of nitrogens with one attached hydrogen (secondary N) is 3. The first kappa shape index (κ1) is 24.8. The lowest BCUT2D eigenvalue weighted by Gasteiger charge is -2.20. The molecule has 1 aromatic carbocycles. The standard InChI is InChI=1S/C16H20I3N3O5/c1-3-8(25)21-14-11(17)10(16(27)20-7(2)24)12(18)15(13(14)19)22-9(26)5-4-6-23/h7,23-24H,3-6H2,1-2H3,(H,20,27)(H,21,25)(H,22,26). The summed E-state index contributed by atoms with van der Waals surface area (Å²) in [5.41, 5.74) is 1.08. The highest BCUT2D eigenvalue weighted by Crippen LogP contribution is 2.39. The van der Waals surface area contributed by atoms with Gasteiger partial charge >= 0.3 is 0 Å². The Morgan fingerprint density at radius 1 is 1.00 bits per heavy atom. The van der Waals surface area contributed by atoms with Crippen LogP contribution >= 0.6 is 67.8 Å².